The van der Waals surface area contributed by atoms with Gasteiger partial charge in [-0.15, -0.1) is 0 Å². The van der Waals surface area contributed by atoms with Gasteiger partial charge in [-0.05, 0) is 39.5 Å². The van der Waals surface area contributed by atoms with E-state index < -0.39 is 35.7 Å². The number of hydrogen-bond donors (Lipinski definition) is 4. The highest BCUT2D eigenvalue weighted by Gasteiger charge is 2.30. The van der Waals surface area contributed by atoms with Gasteiger partial charge in [0.2, 0.25) is 11.8 Å². The van der Waals surface area contributed by atoms with Crippen LogP contribution in [0.15, 0.2) is 0 Å². The molecule has 0 rings (SSSR count). The average Bonchev–Trinajstić information content (AvgIpc) is 2.52. The summed E-state index contributed by atoms with van der Waals surface area (Å²) in [6.45, 7) is 12.4. The van der Waals surface area contributed by atoms with Crippen molar-refractivity contribution in [2.75, 3.05) is 6.54 Å². The highest BCUT2D eigenvalue weighted by molar-refractivity contribution is 5.89. The zero-order valence-corrected chi connectivity index (χ0v) is 17.9. The summed E-state index contributed by atoms with van der Waals surface area (Å²) in [4.78, 5) is 47.4. The highest BCUT2D eigenvalue weighted by atomic mass is 16.6. The molecule has 0 aromatic rings. The molecule has 0 aromatic carbocycles. The Morgan fingerprint density at radius 1 is 0.964 bits per heavy atom. The number of carboxylic acids is 1. The fourth-order valence-electron chi connectivity index (χ4n) is 2.21. The van der Waals surface area contributed by atoms with E-state index in [0.29, 0.717) is 13.0 Å². The lowest BCUT2D eigenvalue weighted by atomic mass is 10.0. The van der Waals surface area contributed by atoms with E-state index >= 15 is 0 Å². The first-order valence-electron chi connectivity index (χ1n) is 9.55. The summed E-state index contributed by atoms with van der Waals surface area (Å²) in [5, 5.41) is 17.0. The van der Waals surface area contributed by atoms with Crippen molar-refractivity contribution in [1.29, 1.82) is 0 Å². The molecular formula is C19H35N3O6. The van der Waals surface area contributed by atoms with Crippen LogP contribution < -0.4 is 16.0 Å². The van der Waals surface area contributed by atoms with E-state index in [1.54, 1.807) is 48.5 Å². The zero-order chi connectivity index (χ0) is 22.1. The number of carboxylic acid groups (broad SMARTS) is 1. The topological polar surface area (TPSA) is 134 Å². The zero-order valence-electron chi connectivity index (χ0n) is 17.9. The van der Waals surface area contributed by atoms with Crippen molar-refractivity contribution >= 4 is 23.9 Å². The molecule has 0 aliphatic heterocycles. The van der Waals surface area contributed by atoms with E-state index in [2.05, 4.69) is 16.0 Å². The summed E-state index contributed by atoms with van der Waals surface area (Å²) in [5.74, 6) is -2.31. The molecule has 0 radical (unpaired) electrons. The second-order valence-corrected chi connectivity index (χ2v) is 8.36. The Balaban J connectivity index is 4.78. The molecule has 0 aliphatic rings. The Bertz CT molecular complexity index is 554. The van der Waals surface area contributed by atoms with Crippen molar-refractivity contribution < 1.29 is 29.0 Å². The Morgan fingerprint density at radius 2 is 1.54 bits per heavy atom. The number of amides is 3. The largest absolute Gasteiger partial charge is 0.480 e. The number of carbonyl (C=O) groups excluding carboxylic acids is 3. The number of hydrogen-bond acceptors (Lipinski definition) is 5. The van der Waals surface area contributed by atoms with E-state index in [-0.39, 0.29) is 24.2 Å². The molecule has 0 fully saturated rings. The molecular weight excluding hydrogens is 366 g/mol. The summed E-state index contributed by atoms with van der Waals surface area (Å²) in [6.07, 6.45) is -0.206. The van der Waals surface area contributed by atoms with Gasteiger partial charge < -0.3 is 25.8 Å². The smallest absolute Gasteiger partial charge is 0.408 e. The van der Waals surface area contributed by atoms with Crippen molar-refractivity contribution in [2.45, 2.75) is 79.0 Å². The Hall–Kier alpha value is -2.32. The molecule has 0 aromatic heterocycles. The van der Waals surface area contributed by atoms with E-state index in [1.165, 1.54) is 0 Å². The van der Waals surface area contributed by atoms with Gasteiger partial charge in [0.25, 0.3) is 0 Å². The molecule has 3 amide bonds. The SMILES string of the molecule is CC(C)C(=O)NCCC[C@H](NC(=O)[C@@H](NC(=O)OC(C)(C)C)C(C)C)C(=O)O. The van der Waals surface area contributed by atoms with Crippen LogP contribution in [0, 0.1) is 11.8 Å². The number of carbonyl (C=O) groups is 4. The van der Waals surface area contributed by atoms with Gasteiger partial charge in [-0.2, -0.15) is 0 Å². The number of nitrogens with one attached hydrogen (secondary N) is 3. The number of rotatable bonds is 10. The van der Waals surface area contributed by atoms with Gasteiger partial charge in [0.15, 0.2) is 0 Å². The summed E-state index contributed by atoms with van der Waals surface area (Å²) in [6, 6.07) is -2.05. The minimum absolute atomic E-state index is 0.114. The van der Waals surface area contributed by atoms with Crippen LogP contribution in [0.25, 0.3) is 0 Å². The summed E-state index contributed by atoms with van der Waals surface area (Å²) in [5.41, 5.74) is -0.716. The maximum Gasteiger partial charge on any atom is 0.408 e. The molecule has 2 atom stereocenters. The van der Waals surface area contributed by atoms with Crippen LogP contribution in [0.1, 0.15) is 61.3 Å². The standard InChI is InChI=1S/C19H35N3O6/c1-11(2)14(22-18(27)28-19(5,6)7)16(24)21-13(17(25)26)9-8-10-20-15(23)12(3)4/h11-14H,8-10H2,1-7H3,(H,20,23)(H,21,24)(H,22,27)(H,25,26)/t13-,14-/m0/s1. The van der Waals surface area contributed by atoms with Gasteiger partial charge in [-0.25, -0.2) is 9.59 Å². The average molecular weight is 402 g/mol. The van der Waals surface area contributed by atoms with Crippen LogP contribution in [-0.2, 0) is 19.1 Å². The van der Waals surface area contributed by atoms with Crippen LogP contribution in [0.2, 0.25) is 0 Å². The second-order valence-electron chi connectivity index (χ2n) is 8.36. The van der Waals surface area contributed by atoms with Crippen LogP contribution in [0.5, 0.6) is 0 Å². The molecule has 0 unspecified atom stereocenters. The van der Waals surface area contributed by atoms with Gasteiger partial charge in [0.05, 0.1) is 0 Å². The predicted molar refractivity (Wildman–Crippen MR) is 105 cm³/mol. The minimum atomic E-state index is -1.18. The molecule has 28 heavy (non-hydrogen) atoms. The molecule has 0 saturated heterocycles. The fourth-order valence-corrected chi connectivity index (χ4v) is 2.21. The third-order valence-corrected chi connectivity index (χ3v) is 3.73. The second kappa shape index (κ2) is 11.5. The van der Waals surface area contributed by atoms with Gasteiger partial charge in [-0.1, -0.05) is 27.7 Å². The van der Waals surface area contributed by atoms with Gasteiger partial charge >= 0.3 is 12.1 Å². The summed E-state index contributed by atoms with van der Waals surface area (Å²) < 4.78 is 5.16. The lowest BCUT2D eigenvalue weighted by Gasteiger charge is -2.26. The molecule has 0 heterocycles. The summed E-state index contributed by atoms with van der Waals surface area (Å²) >= 11 is 0. The van der Waals surface area contributed by atoms with E-state index in [1.807, 2.05) is 0 Å². The third kappa shape index (κ3) is 10.7. The third-order valence-electron chi connectivity index (χ3n) is 3.73. The Labute approximate surface area is 167 Å². The molecule has 162 valence electrons. The number of aliphatic carboxylic acids is 1. The summed E-state index contributed by atoms with van der Waals surface area (Å²) in [7, 11) is 0. The van der Waals surface area contributed by atoms with E-state index in [0.717, 1.165) is 0 Å². The fraction of sp³-hybridized carbons (Fsp3) is 0.789. The normalized spacial score (nSPS) is 13.6. The quantitative estimate of drug-likeness (QED) is 0.411. The first kappa shape index (κ1) is 25.7. The predicted octanol–water partition coefficient (Wildman–Crippen LogP) is 1.66. The van der Waals surface area contributed by atoms with E-state index in [4.69, 9.17) is 4.74 Å². The van der Waals surface area contributed by atoms with Crippen molar-refractivity contribution in [3.8, 4) is 0 Å². The molecule has 4 N–H and O–H groups in total. The van der Waals surface area contributed by atoms with Gasteiger partial charge in [0, 0.05) is 12.5 Å². The first-order chi connectivity index (χ1) is 12.7. The molecule has 0 bridgehead atoms. The minimum Gasteiger partial charge on any atom is -0.480 e. The van der Waals surface area contributed by atoms with Crippen LogP contribution in [-0.4, -0.2) is 53.2 Å². The Morgan fingerprint density at radius 3 is 1.96 bits per heavy atom. The van der Waals surface area contributed by atoms with Crippen molar-refractivity contribution in [1.82, 2.24) is 16.0 Å². The van der Waals surface area contributed by atoms with E-state index in [9.17, 15) is 24.3 Å². The monoisotopic (exact) mass is 401 g/mol. The molecule has 0 aliphatic carbocycles. The maximum absolute atomic E-state index is 12.5. The van der Waals surface area contributed by atoms with Crippen LogP contribution >= 0.6 is 0 Å². The molecule has 0 saturated carbocycles. The molecule has 0 spiro atoms. The van der Waals surface area contributed by atoms with Gasteiger partial charge in [0.1, 0.15) is 17.7 Å². The van der Waals surface area contributed by atoms with Crippen LogP contribution in [0.4, 0.5) is 4.79 Å². The number of ether oxygens (including phenoxy) is 1. The van der Waals surface area contributed by atoms with Gasteiger partial charge in [-0.3, -0.25) is 9.59 Å². The highest BCUT2D eigenvalue weighted by Crippen LogP contribution is 2.09. The van der Waals surface area contributed by atoms with Crippen LogP contribution in [0.3, 0.4) is 0 Å². The molecule has 9 heteroatoms. The lowest BCUT2D eigenvalue weighted by Crippen LogP contribution is -2.54. The first-order valence-corrected chi connectivity index (χ1v) is 9.55. The lowest BCUT2D eigenvalue weighted by molar-refractivity contribution is -0.142. The van der Waals surface area contributed by atoms with Crippen molar-refractivity contribution in [3.63, 3.8) is 0 Å². The van der Waals surface area contributed by atoms with Crippen molar-refractivity contribution in [2.24, 2.45) is 11.8 Å². The Kier molecular flexibility index (Phi) is 10.6. The number of alkyl carbamates (subject to hydrolysis) is 1. The van der Waals surface area contributed by atoms with Crippen molar-refractivity contribution in [3.05, 3.63) is 0 Å². The molecule has 9 nitrogen and oxygen atoms in total. The maximum atomic E-state index is 12.5.